The lowest BCUT2D eigenvalue weighted by Gasteiger charge is -2.20. The molecule has 2 N–H and O–H groups in total. The molecule has 25 heavy (non-hydrogen) atoms. The molecule has 0 fully saturated rings. The summed E-state index contributed by atoms with van der Waals surface area (Å²) in [6, 6.07) is 11.5. The lowest BCUT2D eigenvalue weighted by atomic mass is 10.1. The predicted octanol–water partition coefficient (Wildman–Crippen LogP) is 3.39. The van der Waals surface area contributed by atoms with E-state index in [0.717, 1.165) is 18.5 Å². The van der Waals surface area contributed by atoms with E-state index in [-0.39, 0.29) is 11.9 Å². The summed E-state index contributed by atoms with van der Waals surface area (Å²) in [4.78, 5) is 12.5. The Hall–Kier alpha value is -2.69. The maximum Gasteiger partial charge on any atom is 0.246 e. The van der Waals surface area contributed by atoms with Gasteiger partial charge in [0.1, 0.15) is 19.3 Å². The molecule has 5 heteroatoms. The van der Waals surface area contributed by atoms with Crippen LogP contribution in [0.4, 0.5) is 11.4 Å². The first kappa shape index (κ1) is 15.8. The van der Waals surface area contributed by atoms with E-state index in [4.69, 9.17) is 9.47 Å². The van der Waals surface area contributed by atoms with E-state index in [1.165, 1.54) is 17.5 Å². The topological polar surface area (TPSA) is 59.6 Å². The van der Waals surface area contributed by atoms with Crippen molar-refractivity contribution in [2.45, 2.75) is 32.2 Å². The number of ether oxygens (including phenoxy) is 2. The third-order valence-corrected chi connectivity index (χ3v) is 4.68. The van der Waals surface area contributed by atoms with Crippen LogP contribution in [0.5, 0.6) is 11.5 Å². The number of benzene rings is 2. The third kappa shape index (κ3) is 3.40. The molecule has 0 unspecified atom stereocenters. The smallest absolute Gasteiger partial charge is 0.246 e. The van der Waals surface area contributed by atoms with Gasteiger partial charge in [-0.05, 0) is 61.6 Å². The molecule has 2 aromatic rings. The molecule has 130 valence electrons. The first-order valence-electron chi connectivity index (χ1n) is 8.78. The molecule has 1 aliphatic carbocycles. The Bertz CT molecular complexity index is 804. The van der Waals surface area contributed by atoms with E-state index in [0.29, 0.717) is 30.4 Å². The van der Waals surface area contributed by atoms with Crippen LogP contribution in [0, 0.1) is 0 Å². The lowest BCUT2D eigenvalue weighted by Crippen LogP contribution is -2.32. The van der Waals surface area contributed by atoms with E-state index >= 15 is 0 Å². The van der Waals surface area contributed by atoms with E-state index < -0.39 is 0 Å². The van der Waals surface area contributed by atoms with Crippen LogP contribution in [-0.4, -0.2) is 25.2 Å². The number of carbonyl (C=O) groups excluding carboxylic acids is 1. The van der Waals surface area contributed by atoms with Gasteiger partial charge >= 0.3 is 0 Å². The van der Waals surface area contributed by atoms with Crippen molar-refractivity contribution in [3.05, 3.63) is 47.5 Å². The fourth-order valence-electron chi connectivity index (χ4n) is 3.35. The average Bonchev–Trinajstić information content (AvgIpc) is 3.09. The number of fused-ring (bicyclic) bond motifs is 2. The summed E-state index contributed by atoms with van der Waals surface area (Å²) in [5.41, 5.74) is 4.52. The number of rotatable bonds is 4. The summed E-state index contributed by atoms with van der Waals surface area (Å²) in [5, 5.41) is 6.21. The fraction of sp³-hybridized carbons (Fsp3) is 0.350. The highest BCUT2D eigenvalue weighted by atomic mass is 16.6. The van der Waals surface area contributed by atoms with Crippen molar-refractivity contribution in [3.8, 4) is 11.5 Å². The Kier molecular flexibility index (Phi) is 4.22. The largest absolute Gasteiger partial charge is 0.486 e. The molecule has 2 aromatic carbocycles. The van der Waals surface area contributed by atoms with Crippen LogP contribution in [0.3, 0.4) is 0 Å². The Labute approximate surface area is 147 Å². The third-order valence-electron chi connectivity index (χ3n) is 4.68. The summed E-state index contributed by atoms with van der Waals surface area (Å²) >= 11 is 0. The summed E-state index contributed by atoms with van der Waals surface area (Å²) < 4.78 is 11.0. The van der Waals surface area contributed by atoms with Gasteiger partial charge < -0.3 is 20.1 Å². The number of anilines is 2. The molecule has 0 saturated carbocycles. The number of aryl methyl sites for hydroxylation is 2. The van der Waals surface area contributed by atoms with Gasteiger partial charge in [-0.3, -0.25) is 4.79 Å². The normalized spacial score (nSPS) is 16.0. The molecule has 1 heterocycles. The van der Waals surface area contributed by atoms with E-state index in [1.54, 1.807) is 6.07 Å². The minimum absolute atomic E-state index is 0.0859. The van der Waals surface area contributed by atoms with Crippen molar-refractivity contribution < 1.29 is 14.3 Å². The van der Waals surface area contributed by atoms with Crippen molar-refractivity contribution in [1.29, 1.82) is 0 Å². The molecular formula is C20H22N2O3. The number of nitrogens with one attached hydrogen (secondary N) is 2. The van der Waals surface area contributed by atoms with Crippen LogP contribution in [0.25, 0.3) is 0 Å². The molecule has 0 spiro atoms. The standard InChI is InChI=1S/C20H22N2O3/c1-13(21-16-6-5-14-3-2-4-15(14)11-16)20(23)22-17-7-8-18-19(12-17)25-10-9-24-18/h5-8,11-13,21H,2-4,9-10H2,1H3,(H,22,23)/t13-/m1/s1. The summed E-state index contributed by atoms with van der Waals surface area (Å²) in [7, 11) is 0. The van der Waals surface area contributed by atoms with Gasteiger partial charge in [0.05, 0.1) is 0 Å². The van der Waals surface area contributed by atoms with Gasteiger partial charge in [0.2, 0.25) is 5.91 Å². The van der Waals surface area contributed by atoms with Crippen molar-refractivity contribution in [2.75, 3.05) is 23.8 Å². The average molecular weight is 338 g/mol. The van der Waals surface area contributed by atoms with Crippen molar-refractivity contribution in [2.24, 2.45) is 0 Å². The van der Waals surface area contributed by atoms with Gasteiger partial charge in [-0.25, -0.2) is 0 Å². The van der Waals surface area contributed by atoms with Gasteiger partial charge in [-0.1, -0.05) is 6.07 Å². The molecular weight excluding hydrogens is 316 g/mol. The van der Waals surface area contributed by atoms with Gasteiger partial charge in [-0.2, -0.15) is 0 Å². The Morgan fingerprint density at radius 2 is 1.72 bits per heavy atom. The fourth-order valence-corrected chi connectivity index (χ4v) is 3.35. The van der Waals surface area contributed by atoms with Crippen LogP contribution in [-0.2, 0) is 17.6 Å². The first-order chi connectivity index (χ1) is 12.2. The second kappa shape index (κ2) is 6.67. The zero-order chi connectivity index (χ0) is 17.2. The molecule has 1 amide bonds. The number of hydrogen-bond donors (Lipinski definition) is 2. The Morgan fingerprint density at radius 3 is 2.60 bits per heavy atom. The SMILES string of the molecule is C[C@@H](Nc1ccc2c(c1)CCC2)C(=O)Nc1ccc2c(c1)OCCO2. The molecule has 0 saturated heterocycles. The second-order valence-corrected chi connectivity index (χ2v) is 6.55. The monoisotopic (exact) mass is 338 g/mol. The zero-order valence-electron chi connectivity index (χ0n) is 14.3. The van der Waals surface area contributed by atoms with Crippen molar-refractivity contribution in [3.63, 3.8) is 0 Å². The Morgan fingerprint density at radius 1 is 0.960 bits per heavy atom. The van der Waals surface area contributed by atoms with Crippen molar-refractivity contribution in [1.82, 2.24) is 0 Å². The zero-order valence-corrected chi connectivity index (χ0v) is 14.3. The first-order valence-corrected chi connectivity index (χ1v) is 8.78. The van der Waals surface area contributed by atoms with Gasteiger partial charge in [0.15, 0.2) is 11.5 Å². The molecule has 5 nitrogen and oxygen atoms in total. The highest BCUT2D eigenvalue weighted by Crippen LogP contribution is 2.32. The van der Waals surface area contributed by atoms with Crippen LogP contribution in [0.2, 0.25) is 0 Å². The molecule has 0 bridgehead atoms. The molecule has 1 atom stereocenters. The van der Waals surface area contributed by atoms with Gasteiger partial charge in [0.25, 0.3) is 0 Å². The van der Waals surface area contributed by atoms with Crippen molar-refractivity contribution >= 4 is 17.3 Å². The Balaban J connectivity index is 1.40. The van der Waals surface area contributed by atoms with Crippen LogP contribution >= 0.6 is 0 Å². The van der Waals surface area contributed by atoms with Crippen LogP contribution in [0.15, 0.2) is 36.4 Å². The van der Waals surface area contributed by atoms with Gasteiger partial charge in [0, 0.05) is 17.4 Å². The minimum atomic E-state index is -0.340. The lowest BCUT2D eigenvalue weighted by molar-refractivity contribution is -0.116. The van der Waals surface area contributed by atoms with Crippen LogP contribution < -0.4 is 20.1 Å². The summed E-state index contributed by atoms with van der Waals surface area (Å²) in [5.74, 6) is 1.30. The minimum Gasteiger partial charge on any atom is -0.486 e. The predicted molar refractivity (Wildman–Crippen MR) is 97.6 cm³/mol. The summed E-state index contributed by atoms with van der Waals surface area (Å²) in [6.45, 7) is 2.95. The molecule has 4 rings (SSSR count). The number of amides is 1. The van der Waals surface area contributed by atoms with E-state index in [1.807, 2.05) is 19.1 Å². The summed E-state index contributed by atoms with van der Waals surface area (Å²) in [6.07, 6.45) is 3.51. The quantitative estimate of drug-likeness (QED) is 0.897. The van der Waals surface area contributed by atoms with E-state index in [2.05, 4.69) is 28.8 Å². The highest BCUT2D eigenvalue weighted by Gasteiger charge is 2.17. The van der Waals surface area contributed by atoms with Gasteiger partial charge in [-0.15, -0.1) is 0 Å². The number of carbonyl (C=O) groups is 1. The highest BCUT2D eigenvalue weighted by molar-refractivity contribution is 5.96. The maximum absolute atomic E-state index is 12.5. The van der Waals surface area contributed by atoms with E-state index in [9.17, 15) is 4.79 Å². The molecule has 0 aromatic heterocycles. The molecule has 0 radical (unpaired) electrons. The van der Waals surface area contributed by atoms with Crippen LogP contribution in [0.1, 0.15) is 24.5 Å². The maximum atomic E-state index is 12.5. The number of hydrogen-bond acceptors (Lipinski definition) is 4. The molecule has 2 aliphatic rings. The second-order valence-electron chi connectivity index (χ2n) is 6.55. The molecule has 1 aliphatic heterocycles.